The highest BCUT2D eigenvalue weighted by molar-refractivity contribution is 7.90. The summed E-state index contributed by atoms with van der Waals surface area (Å²) in [7, 11) is -3.04. The van der Waals surface area contributed by atoms with Crippen molar-refractivity contribution in [2.24, 2.45) is 0 Å². The minimum absolute atomic E-state index is 0.0893. The van der Waals surface area contributed by atoms with Crippen LogP contribution in [0.25, 0.3) is 0 Å². The standard InChI is InChI=1S/C20H28N2O3S/c23-26(24,16-5-6-16)22-9-7-20(8-10-22)15-19(21-11-13-25-14-12-21)17-3-1-2-4-18(17)20/h1-4,16,19H,5-15H2/t19-/m1/s1. The van der Waals surface area contributed by atoms with Crippen molar-refractivity contribution in [1.82, 2.24) is 9.21 Å². The van der Waals surface area contributed by atoms with Crippen molar-refractivity contribution in [3.05, 3.63) is 35.4 Å². The molecule has 5 nitrogen and oxygen atoms in total. The smallest absolute Gasteiger partial charge is 0.216 e. The van der Waals surface area contributed by atoms with Crippen LogP contribution < -0.4 is 0 Å². The summed E-state index contributed by atoms with van der Waals surface area (Å²) < 4.78 is 32.6. The molecule has 0 radical (unpaired) electrons. The predicted molar refractivity (Wildman–Crippen MR) is 101 cm³/mol. The van der Waals surface area contributed by atoms with Gasteiger partial charge < -0.3 is 4.74 Å². The Morgan fingerprint density at radius 1 is 1.00 bits per heavy atom. The zero-order valence-electron chi connectivity index (χ0n) is 15.3. The maximum atomic E-state index is 12.6. The molecular weight excluding hydrogens is 348 g/mol. The van der Waals surface area contributed by atoms with Crippen molar-refractivity contribution >= 4 is 10.0 Å². The fourth-order valence-electron chi connectivity index (χ4n) is 5.29. The quantitative estimate of drug-likeness (QED) is 0.812. The fraction of sp³-hybridized carbons (Fsp3) is 0.700. The summed E-state index contributed by atoms with van der Waals surface area (Å²) in [6.07, 6.45) is 4.75. The maximum absolute atomic E-state index is 12.6. The lowest BCUT2D eigenvalue weighted by molar-refractivity contribution is 0.0114. The minimum atomic E-state index is -3.04. The van der Waals surface area contributed by atoms with Crippen molar-refractivity contribution in [2.45, 2.75) is 48.8 Å². The number of hydrogen-bond donors (Lipinski definition) is 0. The van der Waals surface area contributed by atoms with Crippen LogP contribution in [0.1, 0.15) is 49.3 Å². The second-order valence-electron chi connectivity index (χ2n) is 8.38. The Bertz CT molecular complexity index is 776. The summed E-state index contributed by atoms with van der Waals surface area (Å²) in [5, 5.41) is -0.0893. The zero-order chi connectivity index (χ0) is 17.8. The lowest BCUT2D eigenvalue weighted by Crippen LogP contribution is -2.46. The third kappa shape index (κ3) is 2.73. The van der Waals surface area contributed by atoms with Gasteiger partial charge in [-0.15, -0.1) is 0 Å². The van der Waals surface area contributed by atoms with E-state index in [4.69, 9.17) is 4.74 Å². The van der Waals surface area contributed by atoms with Crippen LogP contribution in [-0.2, 0) is 20.2 Å². The first-order valence-corrected chi connectivity index (χ1v) is 11.5. The Morgan fingerprint density at radius 2 is 1.69 bits per heavy atom. The highest BCUT2D eigenvalue weighted by Crippen LogP contribution is 2.53. The number of hydrogen-bond acceptors (Lipinski definition) is 4. The molecule has 1 atom stereocenters. The maximum Gasteiger partial charge on any atom is 0.216 e. The van der Waals surface area contributed by atoms with E-state index in [2.05, 4.69) is 29.2 Å². The zero-order valence-corrected chi connectivity index (χ0v) is 16.1. The van der Waals surface area contributed by atoms with Gasteiger partial charge in [0.2, 0.25) is 10.0 Å². The largest absolute Gasteiger partial charge is 0.379 e. The molecule has 0 N–H and O–H groups in total. The Kier molecular flexibility index (Phi) is 4.16. The molecule has 2 aliphatic carbocycles. The number of ether oxygens (including phenoxy) is 1. The Labute approximate surface area is 156 Å². The molecule has 0 aromatic heterocycles. The van der Waals surface area contributed by atoms with Crippen molar-refractivity contribution in [3.63, 3.8) is 0 Å². The molecule has 0 bridgehead atoms. The van der Waals surface area contributed by atoms with E-state index in [1.54, 1.807) is 4.31 Å². The van der Waals surface area contributed by atoms with Crippen molar-refractivity contribution in [2.75, 3.05) is 39.4 Å². The molecule has 0 amide bonds. The number of nitrogens with zero attached hydrogens (tertiary/aromatic N) is 2. The van der Waals surface area contributed by atoms with Crippen LogP contribution in [0.4, 0.5) is 0 Å². The number of rotatable bonds is 3. The second-order valence-corrected chi connectivity index (χ2v) is 10.6. The van der Waals surface area contributed by atoms with Gasteiger partial charge in [0.05, 0.1) is 18.5 Å². The molecule has 2 saturated heterocycles. The van der Waals surface area contributed by atoms with Gasteiger partial charge in [-0.3, -0.25) is 4.90 Å². The lowest BCUT2D eigenvalue weighted by Gasteiger charge is -2.40. The van der Waals surface area contributed by atoms with Crippen LogP contribution in [0, 0.1) is 0 Å². The third-order valence-electron chi connectivity index (χ3n) is 6.95. The summed E-state index contributed by atoms with van der Waals surface area (Å²) in [5.41, 5.74) is 3.09. The van der Waals surface area contributed by atoms with Gasteiger partial charge in [0.15, 0.2) is 0 Å². The van der Waals surface area contributed by atoms with E-state index in [9.17, 15) is 8.42 Å². The minimum Gasteiger partial charge on any atom is -0.379 e. The van der Waals surface area contributed by atoms with Crippen LogP contribution in [0.15, 0.2) is 24.3 Å². The van der Waals surface area contributed by atoms with Crippen LogP contribution in [0.5, 0.6) is 0 Å². The number of sulfonamides is 1. The first-order chi connectivity index (χ1) is 12.6. The first-order valence-electron chi connectivity index (χ1n) is 10.0. The van der Waals surface area contributed by atoms with Gasteiger partial charge in [-0.05, 0) is 48.6 Å². The molecule has 0 unspecified atom stereocenters. The van der Waals surface area contributed by atoms with Gasteiger partial charge in [-0.25, -0.2) is 12.7 Å². The number of piperidine rings is 1. The molecule has 1 aromatic carbocycles. The van der Waals surface area contributed by atoms with Gasteiger partial charge in [-0.1, -0.05) is 24.3 Å². The van der Waals surface area contributed by atoms with E-state index in [0.717, 1.165) is 58.4 Å². The summed E-state index contributed by atoms with van der Waals surface area (Å²) in [6.45, 7) is 5.00. The highest BCUT2D eigenvalue weighted by atomic mass is 32.2. The van der Waals surface area contributed by atoms with Gasteiger partial charge in [-0.2, -0.15) is 0 Å². The Morgan fingerprint density at radius 3 is 2.38 bits per heavy atom. The summed E-state index contributed by atoms with van der Waals surface area (Å²) in [4.78, 5) is 2.57. The molecule has 6 heteroatoms. The molecule has 3 fully saturated rings. The number of fused-ring (bicyclic) bond motifs is 2. The van der Waals surface area contributed by atoms with E-state index < -0.39 is 10.0 Å². The highest BCUT2D eigenvalue weighted by Gasteiger charge is 2.49. The van der Waals surface area contributed by atoms with Gasteiger partial charge in [0, 0.05) is 32.2 Å². The molecule has 1 aromatic rings. The Balaban J connectivity index is 1.39. The van der Waals surface area contributed by atoms with Crippen molar-refractivity contribution in [3.8, 4) is 0 Å². The van der Waals surface area contributed by atoms with Gasteiger partial charge in [0.1, 0.15) is 0 Å². The summed E-state index contributed by atoms with van der Waals surface area (Å²) in [5.74, 6) is 0. The lowest BCUT2D eigenvalue weighted by atomic mass is 9.74. The monoisotopic (exact) mass is 376 g/mol. The topological polar surface area (TPSA) is 49.9 Å². The van der Waals surface area contributed by atoms with E-state index in [1.807, 2.05) is 0 Å². The molecule has 5 rings (SSSR count). The molecule has 4 aliphatic rings. The predicted octanol–water partition coefficient (Wildman–Crippen LogP) is 2.29. The SMILES string of the molecule is O=S(=O)(C1CC1)N1CCC2(CC1)C[C@@H](N1CCOCC1)c1ccccc12. The van der Waals surface area contributed by atoms with E-state index >= 15 is 0 Å². The number of benzene rings is 1. The molecule has 142 valence electrons. The average molecular weight is 377 g/mol. The Hall–Kier alpha value is -0.950. The third-order valence-corrected chi connectivity index (χ3v) is 9.35. The number of morpholine rings is 1. The van der Waals surface area contributed by atoms with Crippen LogP contribution in [0.3, 0.4) is 0 Å². The van der Waals surface area contributed by atoms with Crippen molar-refractivity contribution < 1.29 is 13.2 Å². The van der Waals surface area contributed by atoms with Crippen LogP contribution in [0.2, 0.25) is 0 Å². The molecule has 2 heterocycles. The van der Waals surface area contributed by atoms with Gasteiger partial charge >= 0.3 is 0 Å². The average Bonchev–Trinajstić information content (AvgIpc) is 3.49. The molecule has 2 aliphatic heterocycles. The molecule has 26 heavy (non-hydrogen) atoms. The van der Waals surface area contributed by atoms with E-state index in [-0.39, 0.29) is 10.7 Å². The first kappa shape index (κ1) is 17.2. The fourth-order valence-corrected chi connectivity index (χ4v) is 7.14. The summed E-state index contributed by atoms with van der Waals surface area (Å²) in [6, 6.07) is 9.34. The molecule has 1 saturated carbocycles. The normalized spacial score (nSPS) is 29.8. The molecular formula is C20H28N2O3S. The van der Waals surface area contributed by atoms with Crippen LogP contribution in [-0.4, -0.2) is 62.3 Å². The van der Waals surface area contributed by atoms with Crippen LogP contribution >= 0.6 is 0 Å². The van der Waals surface area contributed by atoms with E-state index in [0.29, 0.717) is 19.1 Å². The second kappa shape index (κ2) is 6.30. The molecule has 1 spiro atoms. The van der Waals surface area contributed by atoms with E-state index in [1.165, 1.54) is 11.1 Å². The van der Waals surface area contributed by atoms with Crippen molar-refractivity contribution in [1.29, 1.82) is 0 Å². The van der Waals surface area contributed by atoms with Gasteiger partial charge in [0.25, 0.3) is 0 Å². The summed E-state index contributed by atoms with van der Waals surface area (Å²) >= 11 is 0.